The van der Waals surface area contributed by atoms with Crippen molar-refractivity contribution in [3.8, 4) is 0 Å². The summed E-state index contributed by atoms with van der Waals surface area (Å²) in [6.45, 7) is 4.26. The molecule has 2 N–H and O–H groups in total. The molecule has 0 saturated heterocycles. The SMILES string of the molecule is CCNc1c(Cl)cc(C(=O)NC2(C)CC2)cc1[N+](=O)[O-]. The topological polar surface area (TPSA) is 84.3 Å². The third-order valence-electron chi connectivity index (χ3n) is 3.30. The number of nitro benzene ring substituents is 1. The molecule has 0 spiro atoms. The molecule has 0 radical (unpaired) electrons. The Bertz CT molecular complexity index is 570. The summed E-state index contributed by atoms with van der Waals surface area (Å²) >= 11 is 6.04. The Morgan fingerprint density at radius 3 is 2.65 bits per heavy atom. The van der Waals surface area contributed by atoms with Crippen molar-refractivity contribution in [3.05, 3.63) is 32.8 Å². The van der Waals surface area contributed by atoms with Gasteiger partial charge in [-0.25, -0.2) is 0 Å². The van der Waals surface area contributed by atoms with Crippen molar-refractivity contribution >= 4 is 28.9 Å². The van der Waals surface area contributed by atoms with Crippen LogP contribution in [0.2, 0.25) is 5.02 Å². The van der Waals surface area contributed by atoms with E-state index in [1.54, 1.807) is 0 Å². The summed E-state index contributed by atoms with van der Waals surface area (Å²) in [5, 5.41) is 17.0. The molecule has 1 saturated carbocycles. The van der Waals surface area contributed by atoms with Gasteiger partial charge in [0.25, 0.3) is 11.6 Å². The highest BCUT2D eigenvalue weighted by Crippen LogP contribution is 2.36. The zero-order valence-corrected chi connectivity index (χ0v) is 12.1. The Morgan fingerprint density at radius 2 is 2.15 bits per heavy atom. The number of nitro groups is 1. The van der Waals surface area contributed by atoms with E-state index in [4.69, 9.17) is 11.6 Å². The molecule has 20 heavy (non-hydrogen) atoms. The minimum atomic E-state index is -0.542. The number of hydrogen-bond acceptors (Lipinski definition) is 4. The zero-order chi connectivity index (χ0) is 14.9. The number of halogens is 1. The zero-order valence-electron chi connectivity index (χ0n) is 11.3. The van der Waals surface area contributed by atoms with Gasteiger partial charge in [-0.3, -0.25) is 14.9 Å². The summed E-state index contributed by atoms with van der Waals surface area (Å²) in [6, 6.07) is 2.71. The van der Waals surface area contributed by atoms with Crippen LogP contribution in [0.3, 0.4) is 0 Å². The molecule has 1 aliphatic rings. The molecule has 1 aromatic carbocycles. The first kappa shape index (κ1) is 14.6. The normalized spacial score (nSPS) is 15.6. The Morgan fingerprint density at radius 1 is 1.50 bits per heavy atom. The highest BCUT2D eigenvalue weighted by molar-refractivity contribution is 6.34. The Kier molecular flexibility index (Phi) is 3.85. The Hall–Kier alpha value is -1.82. The molecule has 0 heterocycles. The number of nitrogens with zero attached hydrogens (tertiary/aromatic N) is 1. The lowest BCUT2D eigenvalue weighted by molar-refractivity contribution is -0.384. The first-order valence-electron chi connectivity index (χ1n) is 6.40. The van der Waals surface area contributed by atoms with E-state index in [0.717, 1.165) is 12.8 Å². The third kappa shape index (κ3) is 3.01. The van der Waals surface area contributed by atoms with Crippen LogP contribution in [0.1, 0.15) is 37.0 Å². The number of carbonyl (C=O) groups excluding carboxylic acids is 1. The van der Waals surface area contributed by atoms with Crippen molar-refractivity contribution in [1.29, 1.82) is 0 Å². The van der Waals surface area contributed by atoms with Gasteiger partial charge in [0, 0.05) is 23.7 Å². The van der Waals surface area contributed by atoms with E-state index in [0.29, 0.717) is 6.54 Å². The number of anilines is 1. The molecular weight excluding hydrogens is 282 g/mol. The van der Waals surface area contributed by atoms with Crippen molar-refractivity contribution in [2.24, 2.45) is 0 Å². The van der Waals surface area contributed by atoms with Crippen molar-refractivity contribution in [1.82, 2.24) is 5.32 Å². The van der Waals surface area contributed by atoms with Gasteiger partial charge < -0.3 is 10.6 Å². The second kappa shape index (κ2) is 5.28. The maximum absolute atomic E-state index is 12.1. The Balaban J connectivity index is 2.35. The second-order valence-electron chi connectivity index (χ2n) is 5.15. The summed E-state index contributed by atoms with van der Waals surface area (Å²) in [5.74, 6) is -0.335. The molecule has 1 aliphatic carbocycles. The van der Waals surface area contributed by atoms with Crippen LogP contribution in [0.5, 0.6) is 0 Å². The molecule has 1 aromatic rings. The smallest absolute Gasteiger partial charge is 0.294 e. The van der Waals surface area contributed by atoms with Gasteiger partial charge in [-0.1, -0.05) is 11.6 Å². The van der Waals surface area contributed by atoms with Crippen molar-refractivity contribution in [3.63, 3.8) is 0 Å². The first-order valence-corrected chi connectivity index (χ1v) is 6.78. The van der Waals surface area contributed by atoms with Gasteiger partial charge in [0.1, 0.15) is 5.69 Å². The summed E-state index contributed by atoms with van der Waals surface area (Å²) in [5.41, 5.74) is 0.0777. The van der Waals surface area contributed by atoms with E-state index in [-0.39, 0.29) is 33.4 Å². The Labute approximate surface area is 121 Å². The van der Waals surface area contributed by atoms with Gasteiger partial charge in [0.05, 0.1) is 9.95 Å². The predicted octanol–water partition coefficient (Wildman–Crippen LogP) is 2.96. The molecule has 1 amide bonds. The van der Waals surface area contributed by atoms with E-state index in [1.165, 1.54) is 12.1 Å². The van der Waals surface area contributed by atoms with E-state index in [1.807, 2.05) is 13.8 Å². The number of rotatable bonds is 5. The number of hydrogen-bond donors (Lipinski definition) is 2. The fourth-order valence-electron chi connectivity index (χ4n) is 1.88. The largest absolute Gasteiger partial charge is 0.379 e. The van der Waals surface area contributed by atoms with E-state index < -0.39 is 4.92 Å². The van der Waals surface area contributed by atoms with Crippen LogP contribution in [-0.4, -0.2) is 22.9 Å². The maximum Gasteiger partial charge on any atom is 0.294 e. The van der Waals surface area contributed by atoms with Crippen LogP contribution in [0.4, 0.5) is 11.4 Å². The fourth-order valence-corrected chi connectivity index (χ4v) is 2.16. The molecule has 1 fully saturated rings. The fraction of sp³-hybridized carbons (Fsp3) is 0.462. The van der Waals surface area contributed by atoms with Crippen LogP contribution >= 0.6 is 11.6 Å². The third-order valence-corrected chi connectivity index (χ3v) is 3.60. The highest BCUT2D eigenvalue weighted by Gasteiger charge is 2.39. The van der Waals surface area contributed by atoms with Crippen molar-refractivity contribution in [2.75, 3.05) is 11.9 Å². The van der Waals surface area contributed by atoms with Crippen LogP contribution < -0.4 is 10.6 Å². The van der Waals surface area contributed by atoms with Gasteiger partial charge in [0.15, 0.2) is 0 Å². The standard InChI is InChI=1S/C13H16ClN3O3/c1-3-15-11-9(14)6-8(7-10(11)17(19)20)12(18)16-13(2)4-5-13/h6-7,15H,3-5H2,1-2H3,(H,16,18). The lowest BCUT2D eigenvalue weighted by Crippen LogP contribution is -2.34. The summed E-state index contributed by atoms with van der Waals surface area (Å²) in [4.78, 5) is 22.6. The molecule has 0 aliphatic heterocycles. The summed E-state index contributed by atoms with van der Waals surface area (Å²) in [6.07, 6.45) is 1.84. The van der Waals surface area contributed by atoms with Gasteiger partial charge in [-0.2, -0.15) is 0 Å². The number of carbonyl (C=O) groups is 1. The molecule has 0 aromatic heterocycles. The van der Waals surface area contributed by atoms with E-state index >= 15 is 0 Å². The number of nitrogens with one attached hydrogen (secondary N) is 2. The molecule has 2 rings (SSSR count). The quantitative estimate of drug-likeness (QED) is 0.646. The lowest BCUT2D eigenvalue weighted by atomic mass is 10.1. The van der Waals surface area contributed by atoms with Gasteiger partial charge in [-0.05, 0) is 32.8 Å². The molecule has 0 unspecified atom stereocenters. The molecule has 7 heteroatoms. The molecular formula is C13H16ClN3O3. The maximum atomic E-state index is 12.1. The highest BCUT2D eigenvalue weighted by atomic mass is 35.5. The number of amides is 1. The van der Waals surface area contributed by atoms with Gasteiger partial charge >= 0.3 is 0 Å². The first-order chi connectivity index (χ1) is 9.36. The summed E-state index contributed by atoms with van der Waals surface area (Å²) in [7, 11) is 0. The minimum absolute atomic E-state index is 0.173. The van der Waals surface area contributed by atoms with E-state index in [9.17, 15) is 14.9 Å². The van der Waals surface area contributed by atoms with Crippen LogP contribution in [0, 0.1) is 10.1 Å². The molecule has 108 valence electrons. The van der Waals surface area contributed by atoms with Crippen LogP contribution in [-0.2, 0) is 0 Å². The second-order valence-corrected chi connectivity index (χ2v) is 5.56. The van der Waals surface area contributed by atoms with Gasteiger partial charge in [-0.15, -0.1) is 0 Å². The average Bonchev–Trinajstić information content (AvgIpc) is 3.08. The lowest BCUT2D eigenvalue weighted by Gasteiger charge is -2.13. The number of benzene rings is 1. The van der Waals surface area contributed by atoms with Crippen molar-refractivity contribution in [2.45, 2.75) is 32.2 Å². The monoisotopic (exact) mass is 297 g/mol. The minimum Gasteiger partial charge on any atom is -0.379 e. The predicted molar refractivity (Wildman–Crippen MR) is 77.4 cm³/mol. The summed E-state index contributed by atoms with van der Waals surface area (Å²) < 4.78 is 0. The van der Waals surface area contributed by atoms with Crippen molar-refractivity contribution < 1.29 is 9.72 Å². The molecule has 6 nitrogen and oxygen atoms in total. The van der Waals surface area contributed by atoms with Crippen LogP contribution in [0.15, 0.2) is 12.1 Å². The van der Waals surface area contributed by atoms with E-state index in [2.05, 4.69) is 10.6 Å². The van der Waals surface area contributed by atoms with Gasteiger partial charge in [0.2, 0.25) is 0 Å². The average molecular weight is 298 g/mol. The van der Waals surface area contributed by atoms with Crippen LogP contribution in [0.25, 0.3) is 0 Å². The molecule has 0 bridgehead atoms. The molecule has 0 atom stereocenters.